The molecule has 1 aromatic rings. The second-order valence-electron chi connectivity index (χ2n) is 5.59. The molecule has 0 saturated carbocycles. The van der Waals surface area contributed by atoms with Crippen LogP contribution in [0.2, 0.25) is 0 Å². The number of hydrogen-bond acceptors (Lipinski definition) is 3. The minimum absolute atomic E-state index is 0.0178. The Hall–Kier alpha value is -1.75. The maximum Gasteiger partial charge on any atom is 0.331 e. The van der Waals surface area contributed by atoms with Crippen LogP contribution in [0.25, 0.3) is 0 Å². The highest BCUT2D eigenvalue weighted by atomic mass is 16.5. The summed E-state index contributed by atoms with van der Waals surface area (Å²) in [7, 11) is 3.36. The predicted molar refractivity (Wildman–Crippen MR) is 75.9 cm³/mol. The Kier molecular flexibility index (Phi) is 4.78. The molecule has 5 nitrogen and oxygen atoms in total. The number of carbonyl (C=O) groups excluding carboxylic acids is 1. The van der Waals surface area contributed by atoms with E-state index in [9.17, 15) is 4.79 Å². The molecule has 2 amide bonds. The SMILES string of the molecule is COc1ccc(CN(C)C(=O)NN)cc1C(C)(C)C. The molecule has 0 radical (unpaired) electrons. The van der Waals surface area contributed by atoms with Crippen molar-refractivity contribution in [2.45, 2.75) is 32.7 Å². The Labute approximate surface area is 114 Å². The van der Waals surface area contributed by atoms with Gasteiger partial charge in [0, 0.05) is 13.6 Å². The lowest BCUT2D eigenvalue weighted by molar-refractivity contribution is 0.207. The summed E-state index contributed by atoms with van der Waals surface area (Å²) in [6.45, 7) is 6.89. The lowest BCUT2D eigenvalue weighted by atomic mass is 9.85. The van der Waals surface area contributed by atoms with Crippen LogP contribution < -0.4 is 16.0 Å². The molecule has 0 aliphatic rings. The van der Waals surface area contributed by atoms with Gasteiger partial charge in [0.2, 0.25) is 0 Å². The van der Waals surface area contributed by atoms with E-state index in [1.807, 2.05) is 12.1 Å². The van der Waals surface area contributed by atoms with Crippen LogP contribution in [0.5, 0.6) is 5.75 Å². The van der Waals surface area contributed by atoms with Crippen LogP contribution in [0.4, 0.5) is 4.79 Å². The van der Waals surface area contributed by atoms with E-state index in [1.165, 1.54) is 4.90 Å². The number of nitrogens with two attached hydrogens (primary N) is 1. The van der Waals surface area contributed by atoms with Crippen molar-refractivity contribution in [1.82, 2.24) is 10.3 Å². The van der Waals surface area contributed by atoms with Crippen molar-refractivity contribution in [1.29, 1.82) is 0 Å². The molecule has 0 fully saturated rings. The van der Waals surface area contributed by atoms with E-state index in [4.69, 9.17) is 10.6 Å². The van der Waals surface area contributed by atoms with Gasteiger partial charge in [-0.1, -0.05) is 26.8 Å². The summed E-state index contributed by atoms with van der Waals surface area (Å²) in [5, 5.41) is 0. The average Bonchev–Trinajstić information content (AvgIpc) is 2.36. The maximum absolute atomic E-state index is 11.4. The Bertz CT molecular complexity index is 452. The molecule has 0 spiro atoms. The zero-order chi connectivity index (χ0) is 14.6. The fraction of sp³-hybridized carbons (Fsp3) is 0.500. The van der Waals surface area contributed by atoms with E-state index in [1.54, 1.807) is 14.2 Å². The smallest absolute Gasteiger partial charge is 0.331 e. The molecule has 0 saturated heterocycles. The first-order chi connectivity index (χ1) is 8.79. The van der Waals surface area contributed by atoms with Gasteiger partial charge in [-0.15, -0.1) is 0 Å². The standard InChI is InChI=1S/C14H23N3O2/c1-14(2,3)11-8-10(6-7-12(11)19-5)9-17(4)13(18)16-15/h6-8H,9,15H2,1-5H3,(H,16,18). The Balaban J connectivity index is 3.02. The third-order valence-electron chi connectivity index (χ3n) is 2.96. The van der Waals surface area contributed by atoms with Gasteiger partial charge in [0.1, 0.15) is 5.75 Å². The lowest BCUT2D eigenvalue weighted by Crippen LogP contribution is -2.40. The summed E-state index contributed by atoms with van der Waals surface area (Å²) in [4.78, 5) is 12.9. The summed E-state index contributed by atoms with van der Waals surface area (Å²) in [5.74, 6) is 5.97. The van der Waals surface area contributed by atoms with Gasteiger partial charge in [0.05, 0.1) is 7.11 Å². The number of hydrogen-bond donors (Lipinski definition) is 2. The molecule has 19 heavy (non-hydrogen) atoms. The van der Waals surface area contributed by atoms with Gasteiger partial charge in [-0.3, -0.25) is 5.43 Å². The quantitative estimate of drug-likeness (QED) is 0.499. The topological polar surface area (TPSA) is 67.6 Å². The minimum atomic E-state index is -0.312. The van der Waals surface area contributed by atoms with Gasteiger partial charge >= 0.3 is 6.03 Å². The third-order valence-corrected chi connectivity index (χ3v) is 2.96. The monoisotopic (exact) mass is 265 g/mol. The van der Waals surface area contributed by atoms with Crippen LogP contribution in [-0.4, -0.2) is 25.1 Å². The zero-order valence-electron chi connectivity index (χ0n) is 12.3. The molecule has 0 atom stereocenters. The first kappa shape index (κ1) is 15.3. The molecular weight excluding hydrogens is 242 g/mol. The average molecular weight is 265 g/mol. The summed E-state index contributed by atoms with van der Waals surface area (Å²) < 4.78 is 5.39. The van der Waals surface area contributed by atoms with E-state index >= 15 is 0 Å². The van der Waals surface area contributed by atoms with E-state index < -0.39 is 0 Å². The number of urea groups is 1. The van der Waals surface area contributed by atoms with E-state index in [0.717, 1.165) is 16.9 Å². The number of nitrogens with one attached hydrogen (secondary N) is 1. The summed E-state index contributed by atoms with van der Waals surface area (Å²) in [6.07, 6.45) is 0. The molecule has 5 heteroatoms. The predicted octanol–water partition coefficient (Wildman–Crippen LogP) is 2.01. The van der Waals surface area contributed by atoms with Crippen LogP contribution in [-0.2, 0) is 12.0 Å². The van der Waals surface area contributed by atoms with Crippen LogP contribution >= 0.6 is 0 Å². The minimum Gasteiger partial charge on any atom is -0.496 e. The number of nitrogens with zero attached hydrogens (tertiary/aromatic N) is 1. The summed E-state index contributed by atoms with van der Waals surface area (Å²) >= 11 is 0. The highest BCUT2D eigenvalue weighted by molar-refractivity contribution is 5.73. The molecule has 0 aromatic heterocycles. The van der Waals surface area contributed by atoms with Gasteiger partial charge in [-0.2, -0.15) is 0 Å². The molecule has 0 unspecified atom stereocenters. The van der Waals surface area contributed by atoms with Crippen molar-refractivity contribution in [2.24, 2.45) is 5.84 Å². The van der Waals surface area contributed by atoms with Gasteiger partial charge in [0.25, 0.3) is 0 Å². The molecule has 0 aliphatic heterocycles. The van der Waals surface area contributed by atoms with Crippen molar-refractivity contribution >= 4 is 6.03 Å². The highest BCUT2D eigenvalue weighted by Crippen LogP contribution is 2.32. The highest BCUT2D eigenvalue weighted by Gasteiger charge is 2.19. The van der Waals surface area contributed by atoms with Crippen LogP contribution in [0.3, 0.4) is 0 Å². The van der Waals surface area contributed by atoms with E-state index in [0.29, 0.717) is 6.54 Å². The van der Waals surface area contributed by atoms with Crippen LogP contribution in [0, 0.1) is 0 Å². The molecule has 1 aromatic carbocycles. The van der Waals surface area contributed by atoms with Crippen molar-refractivity contribution < 1.29 is 9.53 Å². The fourth-order valence-electron chi connectivity index (χ4n) is 1.90. The van der Waals surface area contributed by atoms with Gasteiger partial charge in [-0.25, -0.2) is 10.6 Å². The first-order valence-electron chi connectivity index (χ1n) is 6.18. The first-order valence-corrected chi connectivity index (χ1v) is 6.18. The number of carbonyl (C=O) groups is 1. The van der Waals surface area contributed by atoms with Gasteiger partial charge < -0.3 is 9.64 Å². The largest absolute Gasteiger partial charge is 0.496 e. The number of methoxy groups -OCH3 is 1. The normalized spacial score (nSPS) is 11.1. The second-order valence-corrected chi connectivity index (χ2v) is 5.59. The Morgan fingerprint density at radius 3 is 2.53 bits per heavy atom. The molecule has 106 valence electrons. The molecule has 3 N–H and O–H groups in total. The van der Waals surface area contributed by atoms with Crippen molar-refractivity contribution in [3.63, 3.8) is 0 Å². The maximum atomic E-state index is 11.4. The Morgan fingerprint density at radius 1 is 1.42 bits per heavy atom. The van der Waals surface area contributed by atoms with E-state index in [2.05, 4.69) is 32.3 Å². The number of benzene rings is 1. The molecule has 1 rings (SSSR count). The molecule has 0 aliphatic carbocycles. The zero-order valence-corrected chi connectivity index (χ0v) is 12.3. The molecular formula is C14H23N3O2. The number of rotatable bonds is 3. The van der Waals surface area contributed by atoms with Crippen molar-refractivity contribution in [3.05, 3.63) is 29.3 Å². The van der Waals surface area contributed by atoms with Crippen LogP contribution in [0.1, 0.15) is 31.9 Å². The van der Waals surface area contributed by atoms with E-state index in [-0.39, 0.29) is 11.4 Å². The summed E-state index contributed by atoms with van der Waals surface area (Å²) in [6, 6.07) is 5.64. The second kappa shape index (κ2) is 5.93. The van der Waals surface area contributed by atoms with Crippen molar-refractivity contribution in [2.75, 3.05) is 14.2 Å². The third kappa shape index (κ3) is 3.86. The van der Waals surface area contributed by atoms with Gasteiger partial charge in [-0.05, 0) is 28.7 Å². The molecule has 0 heterocycles. The summed E-state index contributed by atoms with van der Waals surface area (Å²) in [5.41, 5.74) is 4.26. The number of ether oxygens (including phenoxy) is 1. The number of amides is 2. The van der Waals surface area contributed by atoms with Crippen LogP contribution in [0.15, 0.2) is 18.2 Å². The van der Waals surface area contributed by atoms with Crippen molar-refractivity contribution in [3.8, 4) is 5.75 Å². The van der Waals surface area contributed by atoms with Gasteiger partial charge in [0.15, 0.2) is 0 Å². The molecule has 0 bridgehead atoms. The Morgan fingerprint density at radius 2 is 2.05 bits per heavy atom. The number of hydrazine groups is 1. The lowest BCUT2D eigenvalue weighted by Gasteiger charge is -2.24. The fourth-order valence-corrected chi connectivity index (χ4v) is 1.90.